The third-order valence-electron chi connectivity index (χ3n) is 2.96. The summed E-state index contributed by atoms with van der Waals surface area (Å²) in [6.45, 7) is 3.92. The number of fused-ring (bicyclic) bond motifs is 1. The molecule has 0 bridgehead atoms. The van der Waals surface area contributed by atoms with Crippen LogP contribution in [0.5, 0.6) is 0 Å². The van der Waals surface area contributed by atoms with E-state index in [1.807, 2.05) is 29.9 Å². The molecule has 0 saturated carbocycles. The van der Waals surface area contributed by atoms with E-state index >= 15 is 0 Å². The molecule has 1 aliphatic rings. The van der Waals surface area contributed by atoms with Crippen LogP contribution >= 0.6 is 0 Å². The van der Waals surface area contributed by atoms with Crippen LogP contribution in [0, 0.1) is 6.92 Å². The zero-order chi connectivity index (χ0) is 11.8. The Hall–Kier alpha value is -2.04. The van der Waals surface area contributed by atoms with E-state index in [0.29, 0.717) is 5.82 Å². The number of aryl methyl sites for hydroxylation is 2. The Labute approximate surface area is 99.7 Å². The molecule has 2 aromatic rings. The van der Waals surface area contributed by atoms with Crippen molar-refractivity contribution in [2.24, 2.45) is 0 Å². The Bertz CT molecular complexity index is 538. The van der Waals surface area contributed by atoms with E-state index in [4.69, 9.17) is 5.73 Å². The van der Waals surface area contributed by atoms with Crippen molar-refractivity contribution < 1.29 is 0 Å². The molecule has 0 aliphatic carbocycles. The molecule has 0 radical (unpaired) electrons. The maximum absolute atomic E-state index is 5.78. The number of hydrogen-bond donors (Lipinski definition) is 2. The maximum atomic E-state index is 5.78. The lowest BCUT2D eigenvalue weighted by molar-refractivity contribution is 0.568. The predicted molar refractivity (Wildman–Crippen MR) is 67.7 cm³/mol. The van der Waals surface area contributed by atoms with Gasteiger partial charge in [0, 0.05) is 24.3 Å². The normalized spacial score (nSPS) is 14.2. The van der Waals surface area contributed by atoms with Crippen LogP contribution in [0.2, 0.25) is 0 Å². The van der Waals surface area contributed by atoms with Gasteiger partial charge >= 0.3 is 0 Å². The number of nitrogens with two attached hydrogens (primary N) is 1. The zero-order valence-electron chi connectivity index (χ0n) is 9.77. The predicted octanol–water partition coefficient (Wildman–Crippen LogP) is 1.65. The summed E-state index contributed by atoms with van der Waals surface area (Å²) < 4.78 is 2.00. The largest absolute Gasteiger partial charge is 0.384 e. The molecule has 0 amide bonds. The monoisotopic (exact) mass is 229 g/mol. The van der Waals surface area contributed by atoms with E-state index in [1.165, 1.54) is 0 Å². The van der Waals surface area contributed by atoms with Gasteiger partial charge in [0.1, 0.15) is 11.6 Å². The minimum absolute atomic E-state index is 0.552. The average Bonchev–Trinajstić information content (AvgIpc) is 2.71. The SMILES string of the molecule is Cc1cc(-c2cnn3c2NCCC3)cc(N)n1. The summed E-state index contributed by atoms with van der Waals surface area (Å²) in [7, 11) is 0. The first-order valence-electron chi connectivity index (χ1n) is 5.78. The van der Waals surface area contributed by atoms with Gasteiger partial charge in [0.15, 0.2) is 0 Å². The van der Waals surface area contributed by atoms with Gasteiger partial charge in [0.05, 0.1) is 6.20 Å². The molecule has 0 fully saturated rings. The Kier molecular flexibility index (Phi) is 2.24. The summed E-state index contributed by atoms with van der Waals surface area (Å²) in [5.74, 6) is 1.64. The highest BCUT2D eigenvalue weighted by atomic mass is 15.3. The second kappa shape index (κ2) is 3.76. The van der Waals surface area contributed by atoms with Crippen LogP contribution in [0.15, 0.2) is 18.3 Å². The fourth-order valence-electron chi connectivity index (χ4n) is 2.24. The summed E-state index contributed by atoms with van der Waals surface area (Å²) in [6.07, 6.45) is 3.01. The number of nitrogens with zero attached hydrogens (tertiary/aromatic N) is 3. The Morgan fingerprint density at radius 2 is 2.29 bits per heavy atom. The van der Waals surface area contributed by atoms with E-state index in [9.17, 15) is 0 Å². The van der Waals surface area contributed by atoms with Gasteiger partial charge in [-0.2, -0.15) is 5.10 Å². The molecule has 17 heavy (non-hydrogen) atoms. The van der Waals surface area contributed by atoms with Gasteiger partial charge in [-0.1, -0.05) is 0 Å². The third kappa shape index (κ3) is 1.73. The first-order valence-corrected chi connectivity index (χ1v) is 5.78. The van der Waals surface area contributed by atoms with E-state index in [2.05, 4.69) is 15.4 Å². The lowest BCUT2D eigenvalue weighted by Crippen LogP contribution is -2.17. The molecule has 3 heterocycles. The van der Waals surface area contributed by atoms with Crippen molar-refractivity contribution in [1.29, 1.82) is 0 Å². The van der Waals surface area contributed by atoms with Crippen molar-refractivity contribution in [2.75, 3.05) is 17.6 Å². The van der Waals surface area contributed by atoms with Crippen molar-refractivity contribution in [1.82, 2.24) is 14.8 Å². The Balaban J connectivity index is 2.11. The first-order chi connectivity index (χ1) is 8.24. The van der Waals surface area contributed by atoms with Gasteiger partial charge < -0.3 is 11.1 Å². The number of nitrogens with one attached hydrogen (secondary N) is 1. The lowest BCUT2D eigenvalue weighted by atomic mass is 10.1. The summed E-state index contributed by atoms with van der Waals surface area (Å²) >= 11 is 0. The molecule has 0 aromatic carbocycles. The van der Waals surface area contributed by atoms with E-state index in [0.717, 1.165) is 42.1 Å². The molecule has 3 N–H and O–H groups in total. The molecule has 5 heteroatoms. The molecule has 2 aromatic heterocycles. The molecule has 0 saturated heterocycles. The fourth-order valence-corrected chi connectivity index (χ4v) is 2.24. The summed E-state index contributed by atoms with van der Waals surface area (Å²) in [6, 6.07) is 3.92. The minimum Gasteiger partial charge on any atom is -0.384 e. The number of hydrogen-bond acceptors (Lipinski definition) is 4. The minimum atomic E-state index is 0.552. The highest BCUT2D eigenvalue weighted by molar-refractivity contribution is 5.76. The first kappa shape index (κ1) is 10.1. The van der Waals surface area contributed by atoms with Gasteiger partial charge in [0.2, 0.25) is 0 Å². The van der Waals surface area contributed by atoms with E-state index in [-0.39, 0.29) is 0 Å². The summed E-state index contributed by atoms with van der Waals surface area (Å²) in [5.41, 5.74) is 8.88. The second-order valence-corrected chi connectivity index (χ2v) is 4.33. The average molecular weight is 229 g/mol. The smallest absolute Gasteiger partial charge is 0.132 e. The quantitative estimate of drug-likeness (QED) is 0.780. The summed E-state index contributed by atoms with van der Waals surface area (Å²) in [5, 5.41) is 7.77. The van der Waals surface area contributed by atoms with Crippen LogP contribution in [0.4, 0.5) is 11.6 Å². The third-order valence-corrected chi connectivity index (χ3v) is 2.96. The highest BCUT2D eigenvalue weighted by Crippen LogP contribution is 2.30. The van der Waals surface area contributed by atoms with E-state index in [1.54, 1.807) is 0 Å². The van der Waals surface area contributed by atoms with E-state index < -0.39 is 0 Å². The zero-order valence-corrected chi connectivity index (χ0v) is 9.77. The second-order valence-electron chi connectivity index (χ2n) is 4.33. The molecule has 0 spiro atoms. The lowest BCUT2D eigenvalue weighted by Gasteiger charge is -2.17. The van der Waals surface area contributed by atoms with Crippen LogP contribution in [-0.2, 0) is 6.54 Å². The van der Waals surface area contributed by atoms with Crippen LogP contribution < -0.4 is 11.1 Å². The van der Waals surface area contributed by atoms with Gasteiger partial charge in [-0.3, -0.25) is 0 Å². The van der Waals surface area contributed by atoms with Crippen LogP contribution in [0.3, 0.4) is 0 Å². The molecule has 3 rings (SSSR count). The number of nitrogen functional groups attached to an aromatic ring is 1. The Morgan fingerprint density at radius 3 is 3.12 bits per heavy atom. The number of anilines is 2. The van der Waals surface area contributed by atoms with Crippen LogP contribution in [0.25, 0.3) is 11.1 Å². The molecule has 0 unspecified atom stereocenters. The van der Waals surface area contributed by atoms with Crippen molar-refractivity contribution >= 4 is 11.6 Å². The van der Waals surface area contributed by atoms with Gasteiger partial charge in [-0.25, -0.2) is 9.67 Å². The standard InChI is InChI=1S/C12H15N5/c1-8-5-9(6-11(13)16-8)10-7-15-17-4-2-3-14-12(10)17/h5-7,14H,2-4H2,1H3,(H2,13,16). The summed E-state index contributed by atoms with van der Waals surface area (Å²) in [4.78, 5) is 4.19. The topological polar surface area (TPSA) is 68.8 Å². The molecule has 1 aliphatic heterocycles. The van der Waals surface area contributed by atoms with Gasteiger partial charge in [0.25, 0.3) is 0 Å². The van der Waals surface area contributed by atoms with Gasteiger partial charge in [-0.05, 0) is 31.0 Å². The molecule has 88 valence electrons. The number of pyridine rings is 1. The number of aromatic nitrogens is 3. The highest BCUT2D eigenvalue weighted by Gasteiger charge is 2.15. The van der Waals surface area contributed by atoms with Crippen molar-refractivity contribution in [3.05, 3.63) is 24.0 Å². The fraction of sp³-hybridized carbons (Fsp3) is 0.333. The van der Waals surface area contributed by atoms with Gasteiger partial charge in [-0.15, -0.1) is 0 Å². The van der Waals surface area contributed by atoms with Crippen LogP contribution in [0.1, 0.15) is 12.1 Å². The molecular weight excluding hydrogens is 214 g/mol. The molecular formula is C12H15N5. The maximum Gasteiger partial charge on any atom is 0.132 e. The number of rotatable bonds is 1. The van der Waals surface area contributed by atoms with Crippen LogP contribution in [-0.4, -0.2) is 21.3 Å². The van der Waals surface area contributed by atoms with Crippen molar-refractivity contribution in [2.45, 2.75) is 19.9 Å². The molecule has 0 atom stereocenters. The van der Waals surface area contributed by atoms with Crippen molar-refractivity contribution in [3.8, 4) is 11.1 Å². The Morgan fingerprint density at radius 1 is 1.41 bits per heavy atom. The molecule has 5 nitrogen and oxygen atoms in total. The van der Waals surface area contributed by atoms with Crippen molar-refractivity contribution in [3.63, 3.8) is 0 Å².